The SMILES string of the molecule is C/C(=N/NC(=O)C1CC1)c1ccc(OCC(=O)Nc2ccccc2C)cc1. The van der Waals surface area contributed by atoms with Gasteiger partial charge in [0.2, 0.25) is 5.91 Å². The summed E-state index contributed by atoms with van der Waals surface area (Å²) in [6.07, 6.45) is 1.90. The normalized spacial score (nSPS) is 13.8. The van der Waals surface area contributed by atoms with Crippen molar-refractivity contribution in [1.82, 2.24) is 5.43 Å². The lowest BCUT2D eigenvalue weighted by atomic mass is 10.1. The first-order valence-electron chi connectivity index (χ1n) is 8.96. The van der Waals surface area contributed by atoms with Crippen LogP contribution in [0, 0.1) is 12.8 Å². The Balaban J connectivity index is 1.49. The van der Waals surface area contributed by atoms with Crippen molar-refractivity contribution in [3.63, 3.8) is 0 Å². The van der Waals surface area contributed by atoms with Gasteiger partial charge in [0.15, 0.2) is 6.61 Å². The second kappa shape index (κ2) is 8.49. The molecule has 2 N–H and O–H groups in total. The Morgan fingerprint density at radius 3 is 2.48 bits per heavy atom. The van der Waals surface area contributed by atoms with E-state index in [0.717, 1.165) is 29.7 Å². The van der Waals surface area contributed by atoms with Crippen molar-refractivity contribution < 1.29 is 14.3 Å². The Bertz CT molecular complexity index is 855. The standard InChI is InChI=1S/C21H23N3O3/c1-14-5-3-4-6-19(14)22-20(25)13-27-18-11-9-16(10-12-18)15(2)23-24-21(26)17-7-8-17/h3-6,9-12,17H,7-8,13H2,1-2H3,(H,22,25)(H,24,26)/b23-15-. The maximum absolute atomic E-state index is 12.0. The van der Waals surface area contributed by atoms with Gasteiger partial charge >= 0.3 is 0 Å². The molecule has 0 bridgehead atoms. The summed E-state index contributed by atoms with van der Waals surface area (Å²) in [6.45, 7) is 3.70. The lowest BCUT2D eigenvalue weighted by Crippen LogP contribution is -2.21. The zero-order chi connectivity index (χ0) is 19.2. The number of hydrazone groups is 1. The summed E-state index contributed by atoms with van der Waals surface area (Å²) in [6, 6.07) is 14.8. The Morgan fingerprint density at radius 1 is 1.11 bits per heavy atom. The average molecular weight is 365 g/mol. The summed E-state index contributed by atoms with van der Waals surface area (Å²) >= 11 is 0. The molecule has 0 unspecified atom stereocenters. The van der Waals surface area contributed by atoms with E-state index in [2.05, 4.69) is 15.8 Å². The number of para-hydroxylation sites is 1. The summed E-state index contributed by atoms with van der Waals surface area (Å²) in [5.74, 6) is 0.486. The number of ether oxygens (including phenoxy) is 1. The molecule has 0 atom stereocenters. The molecule has 3 rings (SSSR count). The third-order valence-electron chi connectivity index (χ3n) is 4.34. The van der Waals surface area contributed by atoms with Crippen molar-refractivity contribution in [2.24, 2.45) is 11.0 Å². The molecule has 6 heteroatoms. The number of carbonyl (C=O) groups is 2. The van der Waals surface area contributed by atoms with Crippen LogP contribution in [0.2, 0.25) is 0 Å². The fourth-order valence-electron chi connectivity index (χ4n) is 2.48. The molecule has 2 aromatic carbocycles. The molecule has 0 spiro atoms. The number of hydrogen-bond acceptors (Lipinski definition) is 4. The summed E-state index contributed by atoms with van der Waals surface area (Å²) in [7, 11) is 0. The highest BCUT2D eigenvalue weighted by molar-refractivity contribution is 5.99. The molecule has 0 radical (unpaired) electrons. The van der Waals surface area contributed by atoms with E-state index in [1.54, 1.807) is 12.1 Å². The largest absolute Gasteiger partial charge is 0.484 e. The van der Waals surface area contributed by atoms with Crippen molar-refractivity contribution in [3.8, 4) is 5.75 Å². The summed E-state index contributed by atoms with van der Waals surface area (Å²) in [4.78, 5) is 23.6. The number of amides is 2. The summed E-state index contributed by atoms with van der Waals surface area (Å²) in [5.41, 5.74) is 5.96. The number of nitrogens with one attached hydrogen (secondary N) is 2. The van der Waals surface area contributed by atoms with Crippen molar-refractivity contribution in [2.75, 3.05) is 11.9 Å². The summed E-state index contributed by atoms with van der Waals surface area (Å²) < 4.78 is 5.53. The molecule has 1 aliphatic rings. The second-order valence-electron chi connectivity index (χ2n) is 6.62. The molecule has 1 fully saturated rings. The summed E-state index contributed by atoms with van der Waals surface area (Å²) in [5, 5.41) is 6.95. The van der Waals surface area contributed by atoms with Gasteiger partial charge in [0.05, 0.1) is 5.71 Å². The lowest BCUT2D eigenvalue weighted by molar-refractivity contribution is -0.122. The van der Waals surface area contributed by atoms with Crippen molar-refractivity contribution in [2.45, 2.75) is 26.7 Å². The van der Waals surface area contributed by atoms with Crippen LogP contribution in [0.3, 0.4) is 0 Å². The number of anilines is 1. The number of aryl methyl sites for hydroxylation is 1. The van der Waals surface area contributed by atoms with Crippen LogP contribution in [0.1, 0.15) is 30.9 Å². The fourth-order valence-corrected chi connectivity index (χ4v) is 2.48. The highest BCUT2D eigenvalue weighted by Gasteiger charge is 2.29. The van der Waals surface area contributed by atoms with Gasteiger partial charge in [-0.3, -0.25) is 9.59 Å². The molecular weight excluding hydrogens is 342 g/mol. The van der Waals surface area contributed by atoms with Gasteiger partial charge in [-0.25, -0.2) is 5.43 Å². The molecular formula is C21H23N3O3. The van der Waals surface area contributed by atoms with E-state index in [9.17, 15) is 9.59 Å². The van der Waals surface area contributed by atoms with E-state index in [-0.39, 0.29) is 24.3 Å². The van der Waals surface area contributed by atoms with Gasteiger partial charge in [0.25, 0.3) is 5.91 Å². The molecule has 2 aromatic rings. The van der Waals surface area contributed by atoms with E-state index in [0.29, 0.717) is 11.5 Å². The highest BCUT2D eigenvalue weighted by Crippen LogP contribution is 2.28. The minimum atomic E-state index is -0.214. The van der Waals surface area contributed by atoms with Crippen LogP contribution in [0.15, 0.2) is 53.6 Å². The Morgan fingerprint density at radius 2 is 1.81 bits per heavy atom. The predicted molar refractivity (Wildman–Crippen MR) is 105 cm³/mol. The van der Waals surface area contributed by atoms with Crippen molar-refractivity contribution in [1.29, 1.82) is 0 Å². The molecule has 0 saturated heterocycles. The minimum Gasteiger partial charge on any atom is -0.484 e. The highest BCUT2D eigenvalue weighted by atomic mass is 16.5. The van der Waals surface area contributed by atoms with Gasteiger partial charge < -0.3 is 10.1 Å². The number of hydrogen-bond donors (Lipinski definition) is 2. The molecule has 27 heavy (non-hydrogen) atoms. The number of carbonyl (C=O) groups excluding carboxylic acids is 2. The van der Waals surface area contributed by atoms with E-state index in [1.807, 2.05) is 50.2 Å². The van der Waals surface area contributed by atoms with Gasteiger partial charge in [0.1, 0.15) is 5.75 Å². The molecule has 6 nitrogen and oxygen atoms in total. The predicted octanol–water partition coefficient (Wildman–Crippen LogP) is 3.26. The average Bonchev–Trinajstić information content (AvgIpc) is 3.52. The van der Waals surface area contributed by atoms with Crippen molar-refractivity contribution in [3.05, 3.63) is 59.7 Å². The van der Waals surface area contributed by atoms with Gasteiger partial charge in [-0.1, -0.05) is 18.2 Å². The first-order chi connectivity index (χ1) is 13.0. The molecule has 0 aliphatic heterocycles. The van der Waals surface area contributed by atoms with Crippen LogP contribution in [-0.4, -0.2) is 24.1 Å². The number of nitrogens with zero attached hydrogens (tertiary/aromatic N) is 1. The zero-order valence-electron chi connectivity index (χ0n) is 15.5. The maximum Gasteiger partial charge on any atom is 0.262 e. The maximum atomic E-state index is 12.0. The second-order valence-corrected chi connectivity index (χ2v) is 6.62. The van der Waals surface area contributed by atoms with Crippen LogP contribution in [0.4, 0.5) is 5.69 Å². The van der Waals surface area contributed by atoms with Crippen LogP contribution in [0.5, 0.6) is 5.75 Å². The third kappa shape index (κ3) is 5.41. The zero-order valence-corrected chi connectivity index (χ0v) is 15.5. The topological polar surface area (TPSA) is 79.8 Å². The molecule has 1 saturated carbocycles. The van der Waals surface area contributed by atoms with Gasteiger partial charge in [-0.15, -0.1) is 0 Å². The van der Waals surface area contributed by atoms with E-state index < -0.39 is 0 Å². The van der Waals surface area contributed by atoms with Crippen LogP contribution in [-0.2, 0) is 9.59 Å². The molecule has 140 valence electrons. The number of benzene rings is 2. The smallest absolute Gasteiger partial charge is 0.262 e. The Kier molecular flexibility index (Phi) is 5.86. The van der Waals surface area contributed by atoms with Gasteiger partial charge in [-0.2, -0.15) is 5.10 Å². The quantitative estimate of drug-likeness (QED) is 0.584. The van der Waals surface area contributed by atoms with E-state index in [4.69, 9.17) is 4.74 Å². The van der Waals surface area contributed by atoms with Crippen LogP contribution >= 0.6 is 0 Å². The first kappa shape index (κ1) is 18.6. The monoisotopic (exact) mass is 365 g/mol. The van der Waals surface area contributed by atoms with Gasteiger partial charge in [0, 0.05) is 11.6 Å². The van der Waals surface area contributed by atoms with Crippen LogP contribution < -0.4 is 15.5 Å². The molecule has 1 aliphatic carbocycles. The fraction of sp³-hybridized carbons (Fsp3) is 0.286. The lowest BCUT2D eigenvalue weighted by Gasteiger charge is -2.10. The Hall–Kier alpha value is -3.15. The Labute approximate surface area is 158 Å². The molecule has 0 aromatic heterocycles. The first-order valence-corrected chi connectivity index (χ1v) is 8.96. The van der Waals surface area contributed by atoms with Gasteiger partial charge in [-0.05, 0) is 68.1 Å². The third-order valence-corrected chi connectivity index (χ3v) is 4.34. The van der Waals surface area contributed by atoms with Crippen molar-refractivity contribution >= 4 is 23.2 Å². The van der Waals surface area contributed by atoms with E-state index >= 15 is 0 Å². The molecule has 2 amide bonds. The minimum absolute atomic E-state index is 0.0195. The van der Waals surface area contributed by atoms with E-state index in [1.165, 1.54) is 0 Å². The number of rotatable bonds is 7. The van der Waals surface area contributed by atoms with Crippen LogP contribution in [0.25, 0.3) is 0 Å². The molecule has 0 heterocycles.